The van der Waals surface area contributed by atoms with Gasteiger partial charge in [0, 0.05) is 24.2 Å². The molecule has 6 nitrogen and oxygen atoms in total. The summed E-state index contributed by atoms with van der Waals surface area (Å²) in [5.74, 6) is 0.161. The van der Waals surface area contributed by atoms with E-state index in [0.717, 1.165) is 31.2 Å². The Morgan fingerprint density at radius 2 is 1.85 bits per heavy atom. The molecule has 2 fully saturated rings. The van der Waals surface area contributed by atoms with Crippen LogP contribution in [0.5, 0.6) is 0 Å². The smallest absolute Gasteiger partial charge is 0.251 e. The highest BCUT2D eigenvalue weighted by Gasteiger charge is 2.29. The van der Waals surface area contributed by atoms with Crippen molar-refractivity contribution < 1.29 is 13.2 Å². The monoisotopic (exact) mass is 415 g/mol. The predicted molar refractivity (Wildman–Crippen MR) is 109 cm³/mol. The van der Waals surface area contributed by atoms with E-state index >= 15 is 0 Å². The van der Waals surface area contributed by atoms with Gasteiger partial charge < -0.3 is 11.1 Å². The first kappa shape index (κ1) is 22.1. The number of benzene rings is 1. The lowest BCUT2D eigenvalue weighted by Gasteiger charge is -2.30. The molecule has 27 heavy (non-hydrogen) atoms. The van der Waals surface area contributed by atoms with Gasteiger partial charge >= 0.3 is 0 Å². The van der Waals surface area contributed by atoms with Gasteiger partial charge in [0.05, 0.1) is 4.90 Å². The van der Waals surface area contributed by atoms with Crippen LogP contribution in [0, 0.1) is 12.8 Å². The minimum atomic E-state index is -3.58. The minimum absolute atomic E-state index is 0. The highest BCUT2D eigenvalue weighted by molar-refractivity contribution is 7.89. The lowest BCUT2D eigenvalue weighted by Crippen LogP contribution is -2.46. The van der Waals surface area contributed by atoms with Crippen LogP contribution in [0.4, 0.5) is 0 Å². The second kappa shape index (κ2) is 9.37. The van der Waals surface area contributed by atoms with Crippen molar-refractivity contribution in [2.75, 3.05) is 6.54 Å². The SMILES string of the molecule is Cc1ccc(S(=O)(=O)NC2CC2)cc1C(=O)NC(CN)C1CCCCC1.Cl. The van der Waals surface area contributed by atoms with Crippen molar-refractivity contribution in [3.63, 3.8) is 0 Å². The summed E-state index contributed by atoms with van der Waals surface area (Å²) in [5.41, 5.74) is 7.07. The third-order valence-corrected chi connectivity index (χ3v) is 6.97. The zero-order valence-corrected chi connectivity index (χ0v) is 17.4. The van der Waals surface area contributed by atoms with Crippen LogP contribution in [0.25, 0.3) is 0 Å². The van der Waals surface area contributed by atoms with Gasteiger partial charge in [0.25, 0.3) is 5.91 Å². The van der Waals surface area contributed by atoms with Crippen molar-refractivity contribution in [1.82, 2.24) is 10.0 Å². The molecule has 1 unspecified atom stereocenters. The molecule has 1 amide bonds. The minimum Gasteiger partial charge on any atom is -0.348 e. The fourth-order valence-corrected chi connectivity index (χ4v) is 4.98. The number of amides is 1. The lowest BCUT2D eigenvalue weighted by molar-refractivity contribution is 0.0914. The summed E-state index contributed by atoms with van der Waals surface area (Å²) < 4.78 is 27.5. The van der Waals surface area contributed by atoms with E-state index in [1.165, 1.54) is 25.3 Å². The number of aryl methyl sites for hydroxylation is 1. The molecule has 2 aliphatic carbocycles. The third kappa shape index (κ3) is 5.67. The number of hydrogen-bond acceptors (Lipinski definition) is 4. The van der Waals surface area contributed by atoms with Crippen LogP contribution in [0.3, 0.4) is 0 Å². The predicted octanol–water partition coefficient (Wildman–Crippen LogP) is 2.49. The van der Waals surface area contributed by atoms with Gasteiger partial charge in [-0.2, -0.15) is 0 Å². The first-order valence-electron chi connectivity index (χ1n) is 9.54. The molecule has 0 heterocycles. The zero-order valence-electron chi connectivity index (χ0n) is 15.7. The molecule has 0 radical (unpaired) electrons. The van der Waals surface area contributed by atoms with E-state index in [2.05, 4.69) is 10.0 Å². The van der Waals surface area contributed by atoms with E-state index in [1.54, 1.807) is 12.1 Å². The molecular weight excluding hydrogens is 386 g/mol. The van der Waals surface area contributed by atoms with E-state index in [-0.39, 0.29) is 35.3 Å². The average molecular weight is 416 g/mol. The Labute approximate surface area is 168 Å². The first-order chi connectivity index (χ1) is 12.4. The molecule has 2 saturated carbocycles. The zero-order chi connectivity index (χ0) is 18.7. The topological polar surface area (TPSA) is 101 Å². The van der Waals surface area contributed by atoms with Crippen LogP contribution >= 0.6 is 12.4 Å². The van der Waals surface area contributed by atoms with E-state index in [1.807, 2.05) is 6.92 Å². The molecule has 3 rings (SSSR count). The fourth-order valence-electron chi connectivity index (χ4n) is 3.65. The first-order valence-corrected chi connectivity index (χ1v) is 11.0. The molecule has 0 aromatic heterocycles. The number of hydrogen-bond donors (Lipinski definition) is 3. The summed E-state index contributed by atoms with van der Waals surface area (Å²) in [6, 6.07) is 4.69. The number of carbonyl (C=O) groups is 1. The van der Waals surface area contributed by atoms with Gasteiger partial charge in [0.15, 0.2) is 0 Å². The van der Waals surface area contributed by atoms with E-state index in [4.69, 9.17) is 5.73 Å². The Hall–Kier alpha value is -1.15. The van der Waals surface area contributed by atoms with Gasteiger partial charge in [-0.25, -0.2) is 13.1 Å². The van der Waals surface area contributed by atoms with Gasteiger partial charge in [-0.1, -0.05) is 25.3 Å². The normalized spacial score (nSPS) is 19.2. The van der Waals surface area contributed by atoms with Crippen molar-refractivity contribution in [3.05, 3.63) is 29.3 Å². The molecule has 1 atom stereocenters. The summed E-state index contributed by atoms with van der Waals surface area (Å²) in [5, 5.41) is 3.05. The maximum atomic E-state index is 12.8. The second-order valence-corrected chi connectivity index (χ2v) is 9.30. The maximum absolute atomic E-state index is 12.8. The standard InChI is InChI=1S/C19H29N3O3S.ClH/c1-13-7-10-16(26(24,25)22-15-8-9-15)11-17(13)19(23)21-18(12-20)14-5-3-2-4-6-14;/h7,10-11,14-15,18,22H,2-6,8-9,12,20H2,1H3,(H,21,23);1H. The Balaban J connectivity index is 0.00000261. The molecular formula is C19H30ClN3O3S. The molecule has 0 aliphatic heterocycles. The van der Waals surface area contributed by atoms with Crippen LogP contribution in [0.15, 0.2) is 23.1 Å². The van der Waals surface area contributed by atoms with Crippen molar-refractivity contribution in [2.24, 2.45) is 11.7 Å². The maximum Gasteiger partial charge on any atom is 0.251 e. The Morgan fingerprint density at radius 1 is 1.19 bits per heavy atom. The average Bonchev–Trinajstić information content (AvgIpc) is 3.43. The van der Waals surface area contributed by atoms with Crippen molar-refractivity contribution >= 4 is 28.3 Å². The van der Waals surface area contributed by atoms with Crippen molar-refractivity contribution in [1.29, 1.82) is 0 Å². The molecule has 8 heteroatoms. The van der Waals surface area contributed by atoms with Gasteiger partial charge in [-0.05, 0) is 56.2 Å². The van der Waals surface area contributed by atoms with Crippen molar-refractivity contribution in [3.8, 4) is 0 Å². The van der Waals surface area contributed by atoms with E-state index in [0.29, 0.717) is 18.0 Å². The Kier molecular flexibility index (Phi) is 7.68. The van der Waals surface area contributed by atoms with Gasteiger partial charge in [0.1, 0.15) is 0 Å². The summed E-state index contributed by atoms with van der Waals surface area (Å²) in [6.45, 7) is 2.22. The van der Waals surface area contributed by atoms with Gasteiger partial charge in [0.2, 0.25) is 10.0 Å². The van der Waals surface area contributed by atoms with E-state index < -0.39 is 10.0 Å². The molecule has 4 N–H and O–H groups in total. The van der Waals surface area contributed by atoms with Crippen LogP contribution in [-0.4, -0.2) is 33.0 Å². The van der Waals surface area contributed by atoms with Crippen molar-refractivity contribution in [2.45, 2.75) is 68.8 Å². The van der Waals surface area contributed by atoms with Crippen LogP contribution < -0.4 is 15.8 Å². The fraction of sp³-hybridized carbons (Fsp3) is 0.632. The largest absolute Gasteiger partial charge is 0.348 e. The third-order valence-electron chi connectivity index (χ3n) is 5.45. The number of halogens is 1. The molecule has 152 valence electrons. The molecule has 0 bridgehead atoms. The van der Waals surface area contributed by atoms with Crippen LogP contribution in [0.2, 0.25) is 0 Å². The molecule has 0 saturated heterocycles. The number of rotatable bonds is 7. The van der Waals surface area contributed by atoms with E-state index in [9.17, 15) is 13.2 Å². The molecule has 1 aromatic rings. The summed E-state index contributed by atoms with van der Waals surface area (Å²) in [7, 11) is -3.58. The molecule has 0 spiro atoms. The summed E-state index contributed by atoms with van der Waals surface area (Å²) in [4.78, 5) is 13.0. The highest BCUT2D eigenvalue weighted by Crippen LogP contribution is 2.27. The highest BCUT2D eigenvalue weighted by atomic mass is 35.5. The van der Waals surface area contributed by atoms with Gasteiger partial charge in [-0.15, -0.1) is 12.4 Å². The second-order valence-electron chi connectivity index (χ2n) is 7.59. The Bertz CT molecular complexity index is 759. The number of carbonyl (C=O) groups excluding carboxylic acids is 1. The quantitative estimate of drug-likeness (QED) is 0.636. The lowest BCUT2D eigenvalue weighted by atomic mass is 9.83. The molecule has 2 aliphatic rings. The summed E-state index contributed by atoms with van der Waals surface area (Å²) in [6.07, 6.45) is 7.51. The number of nitrogens with one attached hydrogen (secondary N) is 2. The number of sulfonamides is 1. The van der Waals surface area contributed by atoms with Crippen LogP contribution in [-0.2, 0) is 10.0 Å². The molecule has 1 aromatic carbocycles. The Morgan fingerprint density at radius 3 is 2.44 bits per heavy atom. The summed E-state index contributed by atoms with van der Waals surface area (Å²) >= 11 is 0. The van der Waals surface area contributed by atoms with Gasteiger partial charge in [-0.3, -0.25) is 4.79 Å². The van der Waals surface area contributed by atoms with Crippen LogP contribution in [0.1, 0.15) is 60.9 Å². The number of nitrogens with two attached hydrogens (primary N) is 1.